The molecule has 136 valence electrons. The quantitative estimate of drug-likeness (QED) is 0.719. The maximum absolute atomic E-state index is 12.7. The first-order valence-electron chi connectivity index (χ1n) is 8.20. The fourth-order valence-corrected chi connectivity index (χ4v) is 3.89. The predicted molar refractivity (Wildman–Crippen MR) is 102 cm³/mol. The number of aryl methyl sites for hydroxylation is 2. The number of thiophene rings is 1. The van der Waals surface area contributed by atoms with Gasteiger partial charge in [-0.1, -0.05) is 29.8 Å². The molecule has 2 aromatic heterocycles. The maximum Gasteiger partial charge on any atom is 0.261 e. The van der Waals surface area contributed by atoms with Crippen molar-refractivity contribution >= 4 is 27.5 Å². The van der Waals surface area contributed by atoms with Gasteiger partial charge in [-0.25, -0.2) is 4.98 Å². The van der Waals surface area contributed by atoms with Crippen LogP contribution in [0.3, 0.4) is 0 Å². The standard InChI is InChI=1S/C19H21N3O3S/c1-11-6-5-7-13(8-11)9-20-17(23)16-12(2)15-18(25-4)21-14(10-24-3)22-19(15)26-16/h5-8H,9-10H2,1-4H3,(H,20,23). The van der Waals surface area contributed by atoms with Crippen LogP contribution >= 0.6 is 11.3 Å². The fraction of sp³-hybridized carbons (Fsp3) is 0.316. The number of hydrogen-bond acceptors (Lipinski definition) is 6. The van der Waals surface area contributed by atoms with E-state index in [1.54, 1.807) is 14.2 Å². The highest BCUT2D eigenvalue weighted by Crippen LogP contribution is 2.35. The molecule has 0 unspecified atom stereocenters. The van der Waals surface area contributed by atoms with Gasteiger partial charge in [0.25, 0.3) is 5.91 Å². The Labute approximate surface area is 156 Å². The van der Waals surface area contributed by atoms with Crippen LogP contribution in [-0.2, 0) is 17.9 Å². The molecule has 26 heavy (non-hydrogen) atoms. The number of rotatable bonds is 6. The Kier molecular flexibility index (Phi) is 5.49. The van der Waals surface area contributed by atoms with E-state index in [1.807, 2.05) is 32.0 Å². The lowest BCUT2D eigenvalue weighted by atomic mass is 10.1. The third-order valence-electron chi connectivity index (χ3n) is 4.01. The van der Waals surface area contributed by atoms with E-state index in [-0.39, 0.29) is 12.5 Å². The number of nitrogens with one attached hydrogen (secondary N) is 1. The number of methoxy groups -OCH3 is 2. The molecule has 0 aliphatic rings. The topological polar surface area (TPSA) is 73.3 Å². The number of aromatic nitrogens is 2. The van der Waals surface area contributed by atoms with E-state index in [4.69, 9.17) is 9.47 Å². The monoisotopic (exact) mass is 371 g/mol. The largest absolute Gasteiger partial charge is 0.480 e. The van der Waals surface area contributed by atoms with Crippen LogP contribution in [0.25, 0.3) is 10.2 Å². The minimum absolute atomic E-state index is 0.123. The molecule has 2 heterocycles. The molecule has 0 saturated heterocycles. The van der Waals surface area contributed by atoms with Gasteiger partial charge in [0.1, 0.15) is 11.4 Å². The molecule has 1 N–H and O–H groups in total. The average Bonchev–Trinajstić information content (AvgIpc) is 2.96. The molecule has 0 aliphatic heterocycles. The Morgan fingerprint density at radius 3 is 2.73 bits per heavy atom. The van der Waals surface area contributed by atoms with E-state index in [2.05, 4.69) is 21.4 Å². The lowest BCUT2D eigenvalue weighted by Crippen LogP contribution is -2.22. The van der Waals surface area contributed by atoms with E-state index in [0.717, 1.165) is 21.3 Å². The first-order valence-corrected chi connectivity index (χ1v) is 9.01. The van der Waals surface area contributed by atoms with Crippen molar-refractivity contribution in [3.63, 3.8) is 0 Å². The summed E-state index contributed by atoms with van der Waals surface area (Å²) < 4.78 is 10.5. The molecule has 1 aromatic carbocycles. The van der Waals surface area contributed by atoms with Gasteiger partial charge in [0.2, 0.25) is 5.88 Å². The second-order valence-corrected chi connectivity index (χ2v) is 6.99. The van der Waals surface area contributed by atoms with Crippen LogP contribution in [0.5, 0.6) is 5.88 Å². The zero-order chi connectivity index (χ0) is 18.7. The van der Waals surface area contributed by atoms with Crippen molar-refractivity contribution in [2.24, 2.45) is 0 Å². The number of fused-ring (bicyclic) bond motifs is 1. The summed E-state index contributed by atoms with van der Waals surface area (Å²) in [5.41, 5.74) is 3.06. The molecular weight excluding hydrogens is 350 g/mol. The van der Waals surface area contributed by atoms with Gasteiger partial charge in [0, 0.05) is 13.7 Å². The second-order valence-electron chi connectivity index (χ2n) is 5.99. The summed E-state index contributed by atoms with van der Waals surface area (Å²) in [6, 6.07) is 8.07. The highest BCUT2D eigenvalue weighted by molar-refractivity contribution is 7.20. The van der Waals surface area contributed by atoms with Gasteiger partial charge in [-0.3, -0.25) is 4.79 Å². The zero-order valence-corrected chi connectivity index (χ0v) is 16.1. The van der Waals surface area contributed by atoms with Crippen molar-refractivity contribution in [3.05, 3.63) is 51.7 Å². The average molecular weight is 371 g/mol. The van der Waals surface area contributed by atoms with E-state index in [0.29, 0.717) is 23.1 Å². The maximum atomic E-state index is 12.7. The van der Waals surface area contributed by atoms with Crippen molar-refractivity contribution in [1.29, 1.82) is 0 Å². The summed E-state index contributed by atoms with van der Waals surface area (Å²) in [6.45, 7) is 4.69. The third-order valence-corrected chi connectivity index (χ3v) is 5.20. The second kappa shape index (κ2) is 7.80. The molecule has 3 aromatic rings. The Hall–Kier alpha value is -2.51. The van der Waals surface area contributed by atoms with Gasteiger partial charge >= 0.3 is 0 Å². The number of hydrogen-bond donors (Lipinski definition) is 1. The van der Waals surface area contributed by atoms with Crippen LogP contribution in [0.2, 0.25) is 0 Å². The first-order chi connectivity index (χ1) is 12.5. The van der Waals surface area contributed by atoms with E-state index >= 15 is 0 Å². The molecule has 3 rings (SSSR count). The molecule has 0 fully saturated rings. The van der Waals surface area contributed by atoms with Gasteiger partial charge in [-0.15, -0.1) is 11.3 Å². The van der Waals surface area contributed by atoms with E-state index in [9.17, 15) is 4.79 Å². The highest BCUT2D eigenvalue weighted by atomic mass is 32.1. The summed E-state index contributed by atoms with van der Waals surface area (Å²) in [4.78, 5) is 22.9. The molecule has 0 saturated carbocycles. The smallest absolute Gasteiger partial charge is 0.261 e. The summed E-state index contributed by atoms with van der Waals surface area (Å²) in [6.07, 6.45) is 0. The van der Waals surface area contributed by atoms with Crippen LogP contribution in [0.15, 0.2) is 24.3 Å². The molecule has 0 atom stereocenters. The molecule has 0 bridgehead atoms. The molecule has 0 aliphatic carbocycles. The zero-order valence-electron chi connectivity index (χ0n) is 15.3. The van der Waals surface area contributed by atoms with Crippen LogP contribution in [0.4, 0.5) is 0 Å². The van der Waals surface area contributed by atoms with E-state index < -0.39 is 0 Å². The molecular formula is C19H21N3O3S. The molecule has 7 heteroatoms. The van der Waals surface area contributed by atoms with Gasteiger partial charge in [-0.05, 0) is 25.0 Å². The minimum atomic E-state index is -0.123. The Bertz CT molecular complexity index is 953. The number of benzene rings is 1. The third kappa shape index (κ3) is 3.68. The summed E-state index contributed by atoms with van der Waals surface area (Å²) in [5.74, 6) is 0.876. The summed E-state index contributed by atoms with van der Waals surface area (Å²) >= 11 is 1.34. The molecule has 0 radical (unpaired) electrons. The molecule has 6 nitrogen and oxygen atoms in total. The van der Waals surface area contributed by atoms with Gasteiger partial charge < -0.3 is 14.8 Å². The number of nitrogens with zero attached hydrogens (tertiary/aromatic N) is 2. The Morgan fingerprint density at radius 2 is 2.04 bits per heavy atom. The summed E-state index contributed by atoms with van der Waals surface area (Å²) in [7, 11) is 3.15. The Balaban J connectivity index is 1.89. The van der Waals surface area contributed by atoms with Crippen LogP contribution in [-0.4, -0.2) is 30.1 Å². The number of carbonyl (C=O) groups is 1. The fourth-order valence-electron chi connectivity index (χ4n) is 2.79. The van der Waals surface area contributed by atoms with Gasteiger partial charge in [0.05, 0.1) is 17.4 Å². The lowest BCUT2D eigenvalue weighted by Gasteiger charge is -2.06. The van der Waals surface area contributed by atoms with Crippen molar-refractivity contribution < 1.29 is 14.3 Å². The minimum Gasteiger partial charge on any atom is -0.480 e. The summed E-state index contributed by atoms with van der Waals surface area (Å²) in [5, 5.41) is 3.76. The first kappa shape index (κ1) is 18.3. The van der Waals surface area contributed by atoms with Crippen molar-refractivity contribution in [2.75, 3.05) is 14.2 Å². The lowest BCUT2D eigenvalue weighted by molar-refractivity contribution is 0.0954. The number of amides is 1. The Morgan fingerprint density at radius 1 is 1.23 bits per heavy atom. The molecule has 0 spiro atoms. The van der Waals surface area contributed by atoms with Crippen LogP contribution < -0.4 is 10.1 Å². The predicted octanol–water partition coefficient (Wildman–Crippen LogP) is 3.39. The number of ether oxygens (including phenoxy) is 2. The van der Waals surface area contributed by atoms with Crippen molar-refractivity contribution in [2.45, 2.75) is 27.0 Å². The van der Waals surface area contributed by atoms with Gasteiger partial charge in [0.15, 0.2) is 5.82 Å². The highest BCUT2D eigenvalue weighted by Gasteiger charge is 2.21. The number of carbonyl (C=O) groups excluding carboxylic acids is 1. The van der Waals surface area contributed by atoms with Gasteiger partial charge in [-0.2, -0.15) is 4.98 Å². The van der Waals surface area contributed by atoms with Crippen LogP contribution in [0, 0.1) is 13.8 Å². The van der Waals surface area contributed by atoms with E-state index in [1.165, 1.54) is 16.9 Å². The molecule has 1 amide bonds. The SMILES string of the molecule is COCc1nc(OC)c2c(C)c(C(=O)NCc3cccc(C)c3)sc2n1. The van der Waals surface area contributed by atoms with Crippen molar-refractivity contribution in [3.8, 4) is 5.88 Å². The van der Waals surface area contributed by atoms with Crippen molar-refractivity contribution in [1.82, 2.24) is 15.3 Å². The van der Waals surface area contributed by atoms with Crippen LogP contribution in [0.1, 0.15) is 32.2 Å². The normalized spacial score (nSPS) is 10.9.